The van der Waals surface area contributed by atoms with E-state index in [9.17, 15) is 9.59 Å². The summed E-state index contributed by atoms with van der Waals surface area (Å²) in [5.41, 5.74) is 0. The first-order chi connectivity index (χ1) is 9.06. The van der Waals surface area contributed by atoms with Crippen LogP contribution in [-0.4, -0.2) is 47.8 Å². The highest BCUT2D eigenvalue weighted by atomic mass is 16.2. The van der Waals surface area contributed by atoms with E-state index >= 15 is 0 Å². The molecule has 0 aromatic heterocycles. The predicted octanol–water partition coefficient (Wildman–Crippen LogP) is 1.22. The molecule has 0 aromatic carbocycles. The largest absolute Gasteiger partial charge is 0.328 e. The maximum Gasteiger partial charge on any atom is 0.247 e. The van der Waals surface area contributed by atoms with Gasteiger partial charge in [0.1, 0.15) is 0 Å². The molecule has 0 unspecified atom stereocenters. The van der Waals surface area contributed by atoms with Gasteiger partial charge in [-0.2, -0.15) is 0 Å². The lowest BCUT2D eigenvalue weighted by Gasteiger charge is -2.16. The summed E-state index contributed by atoms with van der Waals surface area (Å²) in [5, 5.41) is 0. The molecule has 0 aliphatic rings. The summed E-state index contributed by atoms with van der Waals surface area (Å²) < 4.78 is 0. The van der Waals surface area contributed by atoms with Crippen molar-refractivity contribution < 1.29 is 9.59 Å². The second-order valence-corrected chi connectivity index (χ2v) is 3.75. The Hall–Kier alpha value is -2.28. The van der Waals surface area contributed by atoms with Crippen LogP contribution >= 0.6 is 0 Å². The van der Waals surface area contributed by atoms with Crippen LogP contribution in [0.1, 0.15) is 6.92 Å². The highest BCUT2D eigenvalue weighted by molar-refractivity contribution is 5.87. The summed E-state index contributed by atoms with van der Waals surface area (Å²) in [7, 11) is 0. The van der Waals surface area contributed by atoms with Crippen molar-refractivity contribution in [2.75, 3.05) is 26.2 Å². The molecule has 0 saturated heterocycles. The van der Waals surface area contributed by atoms with Crippen molar-refractivity contribution in [3.05, 3.63) is 38.0 Å². The van der Waals surface area contributed by atoms with Crippen LogP contribution in [0.15, 0.2) is 38.0 Å². The lowest BCUT2D eigenvalue weighted by atomic mass is 10.4. The van der Waals surface area contributed by atoms with Gasteiger partial charge >= 0.3 is 0 Å². The van der Waals surface area contributed by atoms with Crippen LogP contribution in [0.3, 0.4) is 0 Å². The van der Waals surface area contributed by atoms with Crippen molar-refractivity contribution in [1.82, 2.24) is 9.80 Å². The van der Waals surface area contributed by atoms with E-state index in [1.807, 2.05) is 0 Å². The minimum Gasteiger partial charge on any atom is -0.328 e. The molecule has 2 amide bonds. The Morgan fingerprint density at radius 3 is 1.89 bits per heavy atom. The van der Waals surface area contributed by atoms with E-state index in [2.05, 4.69) is 31.6 Å². The molecular formula is C15H20N2O2. The molecule has 0 bridgehead atoms. The molecule has 4 nitrogen and oxygen atoms in total. The molecule has 0 heterocycles. The van der Waals surface area contributed by atoms with Crippen molar-refractivity contribution in [1.29, 1.82) is 0 Å². The topological polar surface area (TPSA) is 40.6 Å². The first-order valence-corrected chi connectivity index (χ1v) is 5.91. The second-order valence-electron chi connectivity index (χ2n) is 3.75. The molecule has 0 spiro atoms. The minimum atomic E-state index is -0.191. The zero-order chi connectivity index (χ0) is 14.7. The van der Waals surface area contributed by atoms with Crippen LogP contribution in [0, 0.1) is 11.8 Å². The summed E-state index contributed by atoms with van der Waals surface area (Å²) in [6.07, 6.45) is 4.52. The van der Waals surface area contributed by atoms with E-state index in [4.69, 9.17) is 0 Å². The van der Waals surface area contributed by atoms with Gasteiger partial charge in [0.15, 0.2) is 0 Å². The molecule has 0 aliphatic heterocycles. The van der Waals surface area contributed by atoms with E-state index in [-0.39, 0.29) is 18.4 Å². The Labute approximate surface area is 115 Å². The van der Waals surface area contributed by atoms with Gasteiger partial charge in [0.2, 0.25) is 11.8 Å². The standard InChI is InChI=1S/C15H20N2O2/c1-5-10-16(14(4)18)12-8-9-13-17(11-6-2)15(19)7-3/h5-7H,1-3,10-13H2,4H3. The van der Waals surface area contributed by atoms with E-state index < -0.39 is 0 Å². The zero-order valence-electron chi connectivity index (χ0n) is 11.4. The fourth-order valence-electron chi connectivity index (χ4n) is 1.28. The van der Waals surface area contributed by atoms with Crippen LogP contribution in [0.25, 0.3) is 0 Å². The fourth-order valence-corrected chi connectivity index (χ4v) is 1.28. The van der Waals surface area contributed by atoms with E-state index in [0.717, 1.165) is 0 Å². The smallest absolute Gasteiger partial charge is 0.247 e. The number of hydrogen-bond acceptors (Lipinski definition) is 2. The lowest BCUT2D eigenvalue weighted by Crippen LogP contribution is -2.31. The van der Waals surface area contributed by atoms with Crippen molar-refractivity contribution in [3.8, 4) is 11.8 Å². The van der Waals surface area contributed by atoms with E-state index in [0.29, 0.717) is 19.6 Å². The van der Waals surface area contributed by atoms with Gasteiger partial charge < -0.3 is 9.80 Å². The summed E-state index contributed by atoms with van der Waals surface area (Å²) in [5.74, 6) is 5.48. The number of nitrogens with zero attached hydrogens (tertiary/aromatic N) is 2. The predicted molar refractivity (Wildman–Crippen MR) is 77.2 cm³/mol. The normalized spacial score (nSPS) is 8.68. The first-order valence-electron chi connectivity index (χ1n) is 5.91. The Morgan fingerprint density at radius 2 is 1.47 bits per heavy atom. The van der Waals surface area contributed by atoms with Gasteiger partial charge in [-0.25, -0.2) is 0 Å². The summed E-state index contributed by atoms with van der Waals surface area (Å²) in [4.78, 5) is 25.8. The maximum atomic E-state index is 11.5. The molecule has 19 heavy (non-hydrogen) atoms. The Kier molecular flexibility index (Phi) is 8.55. The van der Waals surface area contributed by atoms with Gasteiger partial charge in [-0.05, 0) is 6.08 Å². The fraction of sp³-hybridized carbons (Fsp3) is 0.333. The van der Waals surface area contributed by atoms with Crippen LogP contribution in [0.2, 0.25) is 0 Å². The number of carbonyl (C=O) groups excluding carboxylic acids is 2. The van der Waals surface area contributed by atoms with Gasteiger partial charge in [0.05, 0.1) is 13.1 Å². The summed E-state index contributed by atoms with van der Waals surface area (Å²) in [6, 6.07) is 0. The molecule has 4 heteroatoms. The van der Waals surface area contributed by atoms with Crippen molar-refractivity contribution >= 4 is 11.8 Å². The molecule has 0 radical (unpaired) electrons. The van der Waals surface area contributed by atoms with Gasteiger partial charge in [0.25, 0.3) is 0 Å². The van der Waals surface area contributed by atoms with E-state index in [1.165, 1.54) is 17.9 Å². The first kappa shape index (κ1) is 16.7. The number of rotatable bonds is 7. The summed E-state index contributed by atoms with van der Waals surface area (Å²) in [6.45, 7) is 13.6. The van der Waals surface area contributed by atoms with Gasteiger partial charge in [-0.3, -0.25) is 9.59 Å². The van der Waals surface area contributed by atoms with Crippen molar-refractivity contribution in [2.45, 2.75) is 6.92 Å². The molecule has 0 atom stereocenters. The minimum absolute atomic E-state index is 0.0562. The third-order valence-corrected chi connectivity index (χ3v) is 2.30. The molecule has 0 N–H and O–H groups in total. The maximum absolute atomic E-state index is 11.5. The molecule has 0 aromatic rings. The lowest BCUT2D eigenvalue weighted by molar-refractivity contribution is -0.128. The number of carbonyl (C=O) groups is 2. The quantitative estimate of drug-likeness (QED) is 0.392. The molecule has 0 aliphatic carbocycles. The number of hydrogen-bond donors (Lipinski definition) is 0. The van der Waals surface area contributed by atoms with Crippen molar-refractivity contribution in [2.24, 2.45) is 0 Å². The van der Waals surface area contributed by atoms with Crippen LogP contribution in [-0.2, 0) is 9.59 Å². The van der Waals surface area contributed by atoms with Crippen LogP contribution in [0.4, 0.5) is 0 Å². The molecule has 102 valence electrons. The third-order valence-electron chi connectivity index (χ3n) is 2.30. The third kappa shape index (κ3) is 6.89. The SMILES string of the molecule is C=CCN(CC#CCN(CC=C)C(=O)C=C)C(C)=O. The van der Waals surface area contributed by atoms with Crippen LogP contribution < -0.4 is 0 Å². The van der Waals surface area contributed by atoms with Crippen LogP contribution in [0.5, 0.6) is 0 Å². The molecular weight excluding hydrogens is 240 g/mol. The highest BCUT2D eigenvalue weighted by Gasteiger charge is 2.06. The average Bonchev–Trinajstić information content (AvgIpc) is 2.39. The molecule has 0 saturated carbocycles. The Bertz CT molecular complexity index is 416. The van der Waals surface area contributed by atoms with Gasteiger partial charge in [0, 0.05) is 20.0 Å². The van der Waals surface area contributed by atoms with E-state index in [1.54, 1.807) is 17.1 Å². The Morgan fingerprint density at radius 1 is 1.00 bits per heavy atom. The zero-order valence-corrected chi connectivity index (χ0v) is 11.4. The molecule has 0 fully saturated rings. The second kappa shape index (κ2) is 9.72. The average molecular weight is 260 g/mol. The van der Waals surface area contributed by atoms with Crippen molar-refractivity contribution in [3.63, 3.8) is 0 Å². The molecule has 0 rings (SSSR count). The van der Waals surface area contributed by atoms with Gasteiger partial charge in [-0.15, -0.1) is 13.2 Å². The number of amides is 2. The Balaban J connectivity index is 4.43. The highest BCUT2D eigenvalue weighted by Crippen LogP contribution is 1.91. The summed E-state index contributed by atoms with van der Waals surface area (Å²) >= 11 is 0. The van der Waals surface area contributed by atoms with Gasteiger partial charge in [-0.1, -0.05) is 30.6 Å². The monoisotopic (exact) mass is 260 g/mol.